The van der Waals surface area contributed by atoms with Gasteiger partial charge in [0.2, 0.25) is 0 Å². The lowest BCUT2D eigenvalue weighted by atomic mass is 10.2. The number of rotatable bonds is 7. The van der Waals surface area contributed by atoms with Crippen molar-refractivity contribution in [3.05, 3.63) is 29.8 Å². The number of ether oxygens (including phenoxy) is 1. The van der Waals surface area contributed by atoms with Gasteiger partial charge in [0.25, 0.3) is 0 Å². The summed E-state index contributed by atoms with van der Waals surface area (Å²) in [7, 11) is 0. The van der Waals surface area contributed by atoms with Gasteiger partial charge in [0.15, 0.2) is 0 Å². The van der Waals surface area contributed by atoms with Crippen molar-refractivity contribution in [2.75, 3.05) is 13.2 Å². The molecule has 0 aromatic heterocycles. The highest BCUT2D eigenvalue weighted by molar-refractivity contribution is 8.00. The van der Waals surface area contributed by atoms with Crippen LogP contribution in [0.2, 0.25) is 0 Å². The van der Waals surface area contributed by atoms with Gasteiger partial charge in [-0.3, -0.25) is 4.79 Å². The van der Waals surface area contributed by atoms with Crippen LogP contribution >= 0.6 is 11.8 Å². The topological polar surface area (TPSA) is 38.3 Å². The van der Waals surface area contributed by atoms with Gasteiger partial charge in [-0.05, 0) is 38.1 Å². The minimum Gasteiger partial charge on any atom is -0.465 e. The van der Waals surface area contributed by atoms with E-state index in [9.17, 15) is 4.79 Å². The molecule has 100 valence electrons. The Labute approximate surface area is 113 Å². The quantitative estimate of drug-likeness (QED) is 0.609. The zero-order valence-corrected chi connectivity index (χ0v) is 12.0. The molecule has 1 rings (SSSR count). The first-order chi connectivity index (χ1) is 8.67. The molecule has 0 fully saturated rings. The van der Waals surface area contributed by atoms with Crippen LogP contribution in [0, 0.1) is 0 Å². The van der Waals surface area contributed by atoms with Crippen molar-refractivity contribution in [2.24, 2.45) is 0 Å². The number of hydrogen-bond donors (Lipinski definition) is 1. The first-order valence-electron chi connectivity index (χ1n) is 6.30. The van der Waals surface area contributed by atoms with Gasteiger partial charge in [-0.15, -0.1) is 11.8 Å². The van der Waals surface area contributed by atoms with Gasteiger partial charge in [0.1, 0.15) is 5.25 Å². The maximum absolute atomic E-state index is 11.5. The van der Waals surface area contributed by atoms with E-state index in [4.69, 9.17) is 4.74 Å². The van der Waals surface area contributed by atoms with Crippen molar-refractivity contribution in [3.8, 4) is 0 Å². The molecule has 1 aromatic carbocycles. The fourth-order valence-electron chi connectivity index (χ4n) is 1.51. The van der Waals surface area contributed by atoms with Crippen molar-refractivity contribution < 1.29 is 9.53 Å². The van der Waals surface area contributed by atoms with E-state index >= 15 is 0 Å². The van der Waals surface area contributed by atoms with Crippen LogP contribution in [-0.4, -0.2) is 24.4 Å². The summed E-state index contributed by atoms with van der Waals surface area (Å²) in [5, 5.41) is 3.12. The summed E-state index contributed by atoms with van der Waals surface area (Å²) in [4.78, 5) is 12.7. The molecule has 0 bridgehead atoms. The van der Waals surface area contributed by atoms with Crippen LogP contribution in [0.5, 0.6) is 0 Å². The minimum atomic E-state index is -0.167. The van der Waals surface area contributed by atoms with Crippen molar-refractivity contribution in [2.45, 2.75) is 37.5 Å². The van der Waals surface area contributed by atoms with Crippen LogP contribution in [0.3, 0.4) is 0 Å². The highest BCUT2D eigenvalue weighted by Gasteiger charge is 2.15. The van der Waals surface area contributed by atoms with Crippen LogP contribution < -0.4 is 5.32 Å². The van der Waals surface area contributed by atoms with Crippen LogP contribution in [0.25, 0.3) is 0 Å². The second-order valence-corrected chi connectivity index (χ2v) is 5.35. The zero-order valence-electron chi connectivity index (χ0n) is 11.2. The van der Waals surface area contributed by atoms with Gasteiger partial charge in [-0.1, -0.05) is 19.1 Å². The van der Waals surface area contributed by atoms with Crippen LogP contribution in [0.4, 0.5) is 0 Å². The van der Waals surface area contributed by atoms with E-state index in [1.165, 1.54) is 17.3 Å². The number of carbonyl (C=O) groups is 1. The highest BCUT2D eigenvalue weighted by atomic mass is 32.2. The zero-order chi connectivity index (χ0) is 13.4. The lowest BCUT2D eigenvalue weighted by Crippen LogP contribution is -2.16. The van der Waals surface area contributed by atoms with Crippen LogP contribution in [0.15, 0.2) is 29.2 Å². The largest absolute Gasteiger partial charge is 0.465 e. The first kappa shape index (κ1) is 15.1. The molecular formula is C14H21NO2S. The van der Waals surface area contributed by atoms with Crippen molar-refractivity contribution >= 4 is 17.7 Å². The maximum Gasteiger partial charge on any atom is 0.319 e. The van der Waals surface area contributed by atoms with E-state index in [2.05, 4.69) is 24.4 Å². The molecule has 0 spiro atoms. The molecule has 1 atom stereocenters. The number of nitrogens with one attached hydrogen (secondary N) is 1. The van der Waals surface area contributed by atoms with Crippen molar-refractivity contribution in [1.29, 1.82) is 0 Å². The summed E-state index contributed by atoms with van der Waals surface area (Å²) in [6, 6.07) is 8.24. The molecule has 3 nitrogen and oxygen atoms in total. The summed E-state index contributed by atoms with van der Waals surface area (Å²) in [5.41, 5.74) is 1.23. The lowest BCUT2D eigenvalue weighted by Gasteiger charge is -2.11. The van der Waals surface area contributed by atoms with Crippen LogP contribution in [0.1, 0.15) is 26.3 Å². The Bertz CT molecular complexity index is 382. The normalized spacial score (nSPS) is 12.2. The highest BCUT2D eigenvalue weighted by Crippen LogP contribution is 2.24. The Morgan fingerprint density at radius 2 is 2.22 bits per heavy atom. The summed E-state index contributed by atoms with van der Waals surface area (Å²) in [5.74, 6) is -0.153. The molecule has 18 heavy (non-hydrogen) atoms. The predicted molar refractivity (Wildman–Crippen MR) is 75.8 cm³/mol. The van der Waals surface area contributed by atoms with E-state index in [1.54, 1.807) is 0 Å². The minimum absolute atomic E-state index is 0.153. The summed E-state index contributed by atoms with van der Waals surface area (Å²) < 4.78 is 5.00. The molecule has 0 radical (unpaired) electrons. The predicted octanol–water partition coefficient (Wildman–Crippen LogP) is 2.84. The Hall–Kier alpha value is -1.00. The second-order valence-electron chi connectivity index (χ2n) is 3.94. The average Bonchev–Trinajstić information content (AvgIpc) is 2.37. The van der Waals surface area contributed by atoms with Gasteiger partial charge in [0, 0.05) is 11.4 Å². The molecule has 0 aliphatic rings. The van der Waals surface area contributed by atoms with Crippen LogP contribution in [-0.2, 0) is 16.1 Å². The van der Waals surface area contributed by atoms with Gasteiger partial charge < -0.3 is 10.1 Å². The molecule has 0 aliphatic carbocycles. The third-order valence-corrected chi connectivity index (χ3v) is 3.48. The summed E-state index contributed by atoms with van der Waals surface area (Å²) in [6.07, 6.45) is 0. The standard InChI is InChI=1S/C14H21NO2S/c1-4-15-10-12-7-6-8-13(9-12)18-11(3)14(16)17-5-2/h6-9,11,15H,4-5,10H2,1-3H3. The molecule has 0 aliphatic heterocycles. The Balaban J connectivity index is 2.58. The Kier molecular flexibility index (Phi) is 6.83. The van der Waals surface area contributed by atoms with E-state index < -0.39 is 0 Å². The third-order valence-electron chi connectivity index (χ3n) is 2.41. The number of benzene rings is 1. The monoisotopic (exact) mass is 267 g/mol. The number of thioether (sulfide) groups is 1. The summed E-state index contributed by atoms with van der Waals surface area (Å²) in [6.45, 7) is 8.03. The molecule has 0 saturated heterocycles. The van der Waals surface area contributed by atoms with Crippen molar-refractivity contribution in [3.63, 3.8) is 0 Å². The molecule has 1 unspecified atom stereocenters. The molecule has 0 heterocycles. The molecular weight excluding hydrogens is 246 g/mol. The smallest absolute Gasteiger partial charge is 0.319 e. The molecule has 4 heteroatoms. The number of carbonyl (C=O) groups excluding carboxylic acids is 1. The SMILES string of the molecule is CCNCc1cccc(SC(C)C(=O)OCC)c1. The van der Waals surface area contributed by atoms with Gasteiger partial charge in [-0.2, -0.15) is 0 Å². The fourth-order valence-corrected chi connectivity index (χ4v) is 2.46. The first-order valence-corrected chi connectivity index (χ1v) is 7.18. The van der Waals surface area contributed by atoms with Crippen molar-refractivity contribution in [1.82, 2.24) is 5.32 Å². The maximum atomic E-state index is 11.5. The Morgan fingerprint density at radius 1 is 1.44 bits per heavy atom. The van der Waals surface area contributed by atoms with E-state index in [1.807, 2.05) is 26.0 Å². The summed E-state index contributed by atoms with van der Waals surface area (Å²) >= 11 is 1.54. The van der Waals surface area contributed by atoms with Gasteiger partial charge in [-0.25, -0.2) is 0 Å². The average molecular weight is 267 g/mol. The van der Waals surface area contributed by atoms with Gasteiger partial charge in [0.05, 0.1) is 6.61 Å². The van der Waals surface area contributed by atoms with E-state index in [-0.39, 0.29) is 11.2 Å². The fraction of sp³-hybridized carbons (Fsp3) is 0.500. The molecule has 0 saturated carbocycles. The van der Waals surface area contributed by atoms with E-state index in [0.717, 1.165) is 18.0 Å². The number of hydrogen-bond acceptors (Lipinski definition) is 4. The molecule has 1 N–H and O–H groups in total. The number of esters is 1. The second kappa shape index (κ2) is 8.16. The Morgan fingerprint density at radius 3 is 2.89 bits per heavy atom. The third kappa shape index (κ3) is 5.10. The van der Waals surface area contributed by atoms with E-state index in [0.29, 0.717) is 6.61 Å². The molecule has 1 aromatic rings. The molecule has 0 amide bonds. The lowest BCUT2D eigenvalue weighted by molar-refractivity contribution is -0.142. The van der Waals surface area contributed by atoms with Gasteiger partial charge >= 0.3 is 5.97 Å².